The quantitative estimate of drug-likeness (QED) is 0.666. The minimum Gasteiger partial charge on any atom is -0.480 e. The van der Waals surface area contributed by atoms with Crippen LogP contribution in [0.3, 0.4) is 0 Å². The number of aryl methyl sites for hydroxylation is 1. The van der Waals surface area contributed by atoms with Crippen LogP contribution in [0, 0.1) is 0 Å². The number of alkyl carbamates (subject to hydrolysis) is 1. The topological polar surface area (TPSA) is 75.6 Å². The van der Waals surface area contributed by atoms with Crippen LogP contribution in [0.5, 0.6) is 0 Å². The number of carbonyl (C=O) groups excluding carboxylic acids is 1. The molecule has 1 aromatic carbocycles. The number of aliphatic carboxylic acids is 1. The van der Waals surface area contributed by atoms with Crippen molar-refractivity contribution in [1.82, 2.24) is 5.32 Å². The summed E-state index contributed by atoms with van der Waals surface area (Å²) in [7, 11) is 0. The van der Waals surface area contributed by atoms with E-state index in [4.69, 9.17) is 4.74 Å². The van der Waals surface area contributed by atoms with Crippen LogP contribution in [-0.4, -0.2) is 28.8 Å². The lowest BCUT2D eigenvalue weighted by Crippen LogP contribution is -2.43. The van der Waals surface area contributed by atoms with Gasteiger partial charge in [0, 0.05) is 0 Å². The second-order valence-electron chi connectivity index (χ2n) is 7.05. The third-order valence-corrected chi connectivity index (χ3v) is 3.74. The molecule has 0 unspecified atom stereocenters. The minimum atomic E-state index is -1.07. The van der Waals surface area contributed by atoms with Gasteiger partial charge in [0.2, 0.25) is 0 Å². The maximum Gasteiger partial charge on any atom is 0.408 e. The van der Waals surface area contributed by atoms with Crippen molar-refractivity contribution >= 4 is 17.6 Å². The number of carboxylic acid groups (broad SMARTS) is 1. The van der Waals surface area contributed by atoms with Crippen molar-refractivity contribution in [3.05, 3.63) is 54.1 Å². The number of benzene rings is 1. The van der Waals surface area contributed by atoms with Crippen molar-refractivity contribution in [1.29, 1.82) is 0 Å². The predicted octanol–water partition coefficient (Wildman–Crippen LogP) is 4.58. The van der Waals surface area contributed by atoms with Crippen LogP contribution >= 0.6 is 0 Å². The first kappa shape index (κ1) is 21.5. The van der Waals surface area contributed by atoms with Crippen molar-refractivity contribution in [3.8, 4) is 0 Å². The van der Waals surface area contributed by atoms with E-state index in [-0.39, 0.29) is 6.42 Å². The van der Waals surface area contributed by atoms with E-state index in [1.165, 1.54) is 5.57 Å². The zero-order valence-electron chi connectivity index (χ0n) is 16.0. The Morgan fingerprint density at radius 3 is 2.35 bits per heavy atom. The molecule has 5 heteroatoms. The molecular formula is C21H29NO4. The molecule has 142 valence electrons. The summed E-state index contributed by atoms with van der Waals surface area (Å²) in [5.74, 6) is -1.07. The second kappa shape index (κ2) is 9.80. The Morgan fingerprint density at radius 1 is 1.27 bits per heavy atom. The van der Waals surface area contributed by atoms with E-state index in [0.717, 1.165) is 17.5 Å². The van der Waals surface area contributed by atoms with Crippen molar-refractivity contribution in [2.24, 2.45) is 0 Å². The van der Waals surface area contributed by atoms with Crippen LogP contribution in [0.4, 0.5) is 4.79 Å². The van der Waals surface area contributed by atoms with E-state index in [2.05, 4.69) is 18.8 Å². The molecule has 0 bridgehead atoms. The van der Waals surface area contributed by atoms with Gasteiger partial charge >= 0.3 is 12.1 Å². The Hall–Kier alpha value is -2.56. The number of rotatable bonds is 8. The van der Waals surface area contributed by atoms with Gasteiger partial charge in [0.15, 0.2) is 0 Å². The van der Waals surface area contributed by atoms with Gasteiger partial charge in [0.1, 0.15) is 11.6 Å². The van der Waals surface area contributed by atoms with Crippen LogP contribution in [0.2, 0.25) is 0 Å². The van der Waals surface area contributed by atoms with Gasteiger partial charge in [0.25, 0.3) is 0 Å². The lowest BCUT2D eigenvalue weighted by atomic mass is 9.99. The standard InChI is InChI=1S/C21H29NO4/c1-6-8-16(7-2)17-12-9-15(10-13-17)11-14-18(19(23)24)22-20(25)26-21(3,4)5/h6,8-10,12-13,18H,1,7,11,14H2,2-5H3,(H,22,25)(H,23,24)/b16-8+/t18-/m1/s1. The molecule has 0 heterocycles. The molecule has 0 aliphatic heterocycles. The van der Waals surface area contributed by atoms with Crippen molar-refractivity contribution in [3.63, 3.8) is 0 Å². The number of carbonyl (C=O) groups is 2. The molecule has 0 aromatic heterocycles. The summed E-state index contributed by atoms with van der Waals surface area (Å²) in [6, 6.07) is 7.01. The Kier molecular flexibility index (Phi) is 8.10. The van der Waals surface area contributed by atoms with Crippen LogP contribution < -0.4 is 5.32 Å². The highest BCUT2D eigenvalue weighted by atomic mass is 16.6. The molecule has 0 fully saturated rings. The van der Waals surface area contributed by atoms with Gasteiger partial charge in [-0.2, -0.15) is 0 Å². The summed E-state index contributed by atoms with van der Waals surface area (Å²) in [6.07, 6.45) is 4.78. The SMILES string of the molecule is C=C/C=C(\CC)c1ccc(CC[C@@H](NC(=O)OC(C)(C)C)C(=O)O)cc1. The van der Waals surface area contributed by atoms with Crippen LogP contribution in [-0.2, 0) is 16.0 Å². The first-order valence-corrected chi connectivity index (χ1v) is 8.79. The van der Waals surface area contributed by atoms with Gasteiger partial charge in [-0.25, -0.2) is 9.59 Å². The maximum atomic E-state index is 11.8. The zero-order chi connectivity index (χ0) is 19.7. The number of hydrogen-bond acceptors (Lipinski definition) is 3. The molecule has 0 spiro atoms. The van der Waals surface area contributed by atoms with Crippen molar-refractivity contribution < 1.29 is 19.4 Å². The van der Waals surface area contributed by atoms with Gasteiger partial charge < -0.3 is 15.2 Å². The molecule has 0 aliphatic rings. The number of carboxylic acids is 1. The molecule has 0 radical (unpaired) electrons. The van der Waals surface area contributed by atoms with E-state index in [1.807, 2.05) is 30.3 Å². The average Bonchev–Trinajstić information content (AvgIpc) is 2.55. The number of allylic oxidation sites excluding steroid dienone is 3. The number of ether oxygens (including phenoxy) is 1. The molecule has 5 nitrogen and oxygen atoms in total. The molecule has 0 saturated carbocycles. The van der Waals surface area contributed by atoms with Gasteiger partial charge in [-0.1, -0.05) is 49.9 Å². The fourth-order valence-electron chi connectivity index (χ4n) is 2.46. The third-order valence-electron chi connectivity index (χ3n) is 3.74. The summed E-state index contributed by atoms with van der Waals surface area (Å²) in [6.45, 7) is 11.0. The van der Waals surface area contributed by atoms with Crippen LogP contribution in [0.15, 0.2) is 43.0 Å². The Labute approximate surface area is 155 Å². The Morgan fingerprint density at radius 2 is 1.88 bits per heavy atom. The summed E-state index contributed by atoms with van der Waals surface area (Å²) >= 11 is 0. The van der Waals surface area contributed by atoms with Crippen molar-refractivity contribution in [2.45, 2.75) is 58.6 Å². The van der Waals surface area contributed by atoms with E-state index in [1.54, 1.807) is 26.8 Å². The molecule has 1 amide bonds. The zero-order valence-corrected chi connectivity index (χ0v) is 16.0. The summed E-state index contributed by atoms with van der Waals surface area (Å²) in [4.78, 5) is 23.2. The van der Waals surface area contributed by atoms with Gasteiger partial charge in [-0.3, -0.25) is 0 Å². The average molecular weight is 359 g/mol. The Balaban J connectivity index is 2.69. The minimum absolute atomic E-state index is 0.289. The highest BCUT2D eigenvalue weighted by Crippen LogP contribution is 2.19. The molecule has 26 heavy (non-hydrogen) atoms. The van der Waals surface area contributed by atoms with Crippen molar-refractivity contribution in [2.75, 3.05) is 0 Å². The normalized spacial score (nSPS) is 13.0. The van der Waals surface area contributed by atoms with Gasteiger partial charge in [-0.05, 0) is 56.7 Å². The molecule has 1 atom stereocenters. The lowest BCUT2D eigenvalue weighted by molar-refractivity contribution is -0.139. The van der Waals surface area contributed by atoms with Crippen LogP contribution in [0.25, 0.3) is 5.57 Å². The van der Waals surface area contributed by atoms with E-state index >= 15 is 0 Å². The first-order valence-electron chi connectivity index (χ1n) is 8.79. The summed E-state index contributed by atoms with van der Waals surface area (Å²) < 4.78 is 5.12. The molecule has 0 aliphatic carbocycles. The van der Waals surface area contributed by atoms with Gasteiger partial charge in [-0.15, -0.1) is 0 Å². The first-order chi connectivity index (χ1) is 12.2. The number of amides is 1. The molecule has 0 saturated heterocycles. The van der Waals surface area contributed by atoms with Crippen LogP contribution in [0.1, 0.15) is 51.7 Å². The largest absolute Gasteiger partial charge is 0.480 e. The molecule has 1 rings (SSSR count). The molecular weight excluding hydrogens is 330 g/mol. The fraction of sp³-hybridized carbons (Fsp3) is 0.429. The highest BCUT2D eigenvalue weighted by molar-refractivity contribution is 5.80. The van der Waals surface area contributed by atoms with E-state index in [9.17, 15) is 14.7 Å². The maximum absolute atomic E-state index is 11.8. The smallest absolute Gasteiger partial charge is 0.408 e. The second-order valence-corrected chi connectivity index (χ2v) is 7.05. The van der Waals surface area contributed by atoms with E-state index in [0.29, 0.717) is 6.42 Å². The van der Waals surface area contributed by atoms with E-state index < -0.39 is 23.7 Å². The molecule has 2 N–H and O–H groups in total. The third kappa shape index (κ3) is 7.55. The Bertz CT molecular complexity index is 654. The number of hydrogen-bond donors (Lipinski definition) is 2. The van der Waals surface area contributed by atoms with Gasteiger partial charge in [0.05, 0.1) is 0 Å². The number of nitrogens with one attached hydrogen (secondary N) is 1. The lowest BCUT2D eigenvalue weighted by Gasteiger charge is -2.22. The predicted molar refractivity (Wildman–Crippen MR) is 104 cm³/mol. The summed E-state index contributed by atoms with van der Waals surface area (Å²) in [5.41, 5.74) is 2.67. The monoisotopic (exact) mass is 359 g/mol. The molecule has 1 aromatic rings. The fourth-order valence-corrected chi connectivity index (χ4v) is 2.46. The highest BCUT2D eigenvalue weighted by Gasteiger charge is 2.23. The summed E-state index contributed by atoms with van der Waals surface area (Å²) in [5, 5.41) is 11.7.